The molecule has 0 unspecified atom stereocenters. The Kier molecular flexibility index (Phi) is 3.94. The van der Waals surface area contributed by atoms with E-state index in [1.54, 1.807) is 6.20 Å². The summed E-state index contributed by atoms with van der Waals surface area (Å²) in [5.74, 6) is 1.88. The molecule has 5 nitrogen and oxygen atoms in total. The number of rotatable bonds is 4. The highest BCUT2D eigenvalue weighted by Gasteiger charge is 2.25. The Bertz CT molecular complexity index is 772. The third-order valence-corrected chi connectivity index (χ3v) is 3.61. The van der Waals surface area contributed by atoms with Gasteiger partial charge in [-0.15, -0.1) is 0 Å². The molecule has 0 fully saturated rings. The number of imidazole rings is 1. The Hall–Kier alpha value is -2.56. The van der Waals surface area contributed by atoms with E-state index in [0.717, 1.165) is 28.5 Å². The molecule has 1 aliphatic heterocycles. The molecule has 2 aromatic rings. The van der Waals surface area contributed by atoms with Crippen molar-refractivity contribution < 1.29 is 9.53 Å². The zero-order valence-corrected chi connectivity index (χ0v) is 13.8. The molecule has 2 N–H and O–H groups in total. The molecule has 120 valence electrons. The minimum absolute atomic E-state index is 0.0896. The Balaban J connectivity index is 1.97. The van der Waals surface area contributed by atoms with Gasteiger partial charge in [-0.05, 0) is 38.1 Å². The minimum Gasteiger partial charge on any atom is -0.491 e. The number of fused-ring (bicyclic) bond motifs is 1. The molecule has 5 heteroatoms. The summed E-state index contributed by atoms with van der Waals surface area (Å²) < 4.78 is 5.72. The molecule has 0 saturated heterocycles. The number of nitrogens with zero attached hydrogens (tertiary/aromatic N) is 1. The summed E-state index contributed by atoms with van der Waals surface area (Å²) >= 11 is 0. The summed E-state index contributed by atoms with van der Waals surface area (Å²) in [5, 5.41) is 2.88. The molecule has 1 amide bonds. The van der Waals surface area contributed by atoms with Crippen LogP contribution in [-0.4, -0.2) is 22.0 Å². The number of H-pyrrole nitrogens is 1. The fourth-order valence-corrected chi connectivity index (χ4v) is 2.53. The van der Waals surface area contributed by atoms with Crippen LogP contribution in [0.2, 0.25) is 0 Å². The van der Waals surface area contributed by atoms with Crippen LogP contribution in [-0.2, 0) is 4.79 Å². The van der Waals surface area contributed by atoms with Gasteiger partial charge < -0.3 is 15.0 Å². The lowest BCUT2D eigenvalue weighted by Crippen LogP contribution is -2.05. The first-order chi connectivity index (χ1) is 10.9. The SMILES string of the molecule is CC(C)Oc1ccc2c(c1)C(=Cc1cnc(C(C)C)[nH]1)C(=O)N2. The maximum Gasteiger partial charge on any atom is 0.256 e. The third-order valence-electron chi connectivity index (χ3n) is 3.61. The number of carbonyl (C=O) groups excluding carboxylic acids is 1. The second-order valence-corrected chi connectivity index (χ2v) is 6.26. The van der Waals surface area contributed by atoms with Crippen molar-refractivity contribution in [3.8, 4) is 5.75 Å². The van der Waals surface area contributed by atoms with Gasteiger partial charge in [0.15, 0.2) is 0 Å². The number of benzene rings is 1. The summed E-state index contributed by atoms with van der Waals surface area (Å²) in [7, 11) is 0. The Labute approximate surface area is 135 Å². The van der Waals surface area contributed by atoms with E-state index in [4.69, 9.17) is 4.74 Å². The molecule has 1 aromatic heterocycles. The van der Waals surface area contributed by atoms with Crippen LogP contribution in [0.4, 0.5) is 5.69 Å². The van der Waals surface area contributed by atoms with Crippen molar-refractivity contribution in [2.24, 2.45) is 0 Å². The number of anilines is 1. The molecule has 0 aliphatic carbocycles. The lowest BCUT2D eigenvalue weighted by molar-refractivity contribution is -0.110. The molecule has 0 spiro atoms. The van der Waals surface area contributed by atoms with E-state index in [1.807, 2.05) is 38.1 Å². The Morgan fingerprint density at radius 1 is 1.22 bits per heavy atom. The van der Waals surface area contributed by atoms with Crippen LogP contribution in [0.25, 0.3) is 11.6 Å². The second kappa shape index (κ2) is 5.91. The van der Waals surface area contributed by atoms with E-state index < -0.39 is 0 Å². The highest BCUT2D eigenvalue weighted by molar-refractivity contribution is 6.34. The van der Waals surface area contributed by atoms with Gasteiger partial charge in [0.2, 0.25) is 0 Å². The quantitative estimate of drug-likeness (QED) is 0.844. The number of hydrogen-bond acceptors (Lipinski definition) is 3. The van der Waals surface area contributed by atoms with Crippen LogP contribution in [0.5, 0.6) is 5.75 Å². The van der Waals surface area contributed by atoms with Crippen LogP contribution < -0.4 is 10.1 Å². The Morgan fingerprint density at radius 3 is 2.65 bits per heavy atom. The number of ether oxygens (including phenoxy) is 1. The van der Waals surface area contributed by atoms with Gasteiger partial charge in [0, 0.05) is 17.2 Å². The zero-order chi connectivity index (χ0) is 16.6. The van der Waals surface area contributed by atoms with Gasteiger partial charge in [-0.3, -0.25) is 4.79 Å². The molecule has 1 aliphatic rings. The van der Waals surface area contributed by atoms with Crippen molar-refractivity contribution in [1.82, 2.24) is 9.97 Å². The average molecular weight is 311 g/mol. The molecule has 0 bridgehead atoms. The van der Waals surface area contributed by atoms with E-state index in [-0.39, 0.29) is 12.0 Å². The van der Waals surface area contributed by atoms with E-state index in [1.165, 1.54) is 0 Å². The summed E-state index contributed by atoms with van der Waals surface area (Å²) in [6.45, 7) is 8.10. The van der Waals surface area contributed by atoms with Crippen LogP contribution in [0.3, 0.4) is 0 Å². The van der Waals surface area contributed by atoms with Crippen molar-refractivity contribution in [2.45, 2.75) is 39.7 Å². The molecule has 0 atom stereocenters. The molecule has 1 aromatic carbocycles. The van der Waals surface area contributed by atoms with E-state index >= 15 is 0 Å². The molecular formula is C18H21N3O2. The monoisotopic (exact) mass is 311 g/mol. The zero-order valence-electron chi connectivity index (χ0n) is 13.8. The molecular weight excluding hydrogens is 290 g/mol. The van der Waals surface area contributed by atoms with Crippen molar-refractivity contribution >= 4 is 23.2 Å². The molecule has 23 heavy (non-hydrogen) atoms. The number of nitrogens with one attached hydrogen (secondary N) is 2. The first-order valence-electron chi connectivity index (χ1n) is 7.83. The first-order valence-corrected chi connectivity index (χ1v) is 7.83. The van der Waals surface area contributed by atoms with E-state index in [0.29, 0.717) is 11.5 Å². The molecule has 3 rings (SSSR count). The summed E-state index contributed by atoms with van der Waals surface area (Å²) in [5.41, 5.74) is 3.10. The molecule has 0 saturated carbocycles. The maximum atomic E-state index is 12.3. The van der Waals surface area contributed by atoms with Crippen LogP contribution in [0, 0.1) is 0 Å². The number of carbonyl (C=O) groups is 1. The van der Waals surface area contributed by atoms with Crippen molar-refractivity contribution in [2.75, 3.05) is 5.32 Å². The number of hydrogen-bond donors (Lipinski definition) is 2. The maximum absolute atomic E-state index is 12.3. The van der Waals surface area contributed by atoms with Gasteiger partial charge in [-0.25, -0.2) is 4.98 Å². The van der Waals surface area contributed by atoms with Crippen molar-refractivity contribution in [1.29, 1.82) is 0 Å². The van der Waals surface area contributed by atoms with E-state index in [9.17, 15) is 4.79 Å². The summed E-state index contributed by atoms with van der Waals surface area (Å²) in [6, 6.07) is 5.65. The summed E-state index contributed by atoms with van der Waals surface area (Å²) in [4.78, 5) is 19.8. The van der Waals surface area contributed by atoms with Crippen LogP contribution in [0.15, 0.2) is 24.4 Å². The van der Waals surface area contributed by atoms with Crippen molar-refractivity contribution in [3.05, 3.63) is 41.5 Å². The van der Waals surface area contributed by atoms with Crippen molar-refractivity contribution in [3.63, 3.8) is 0 Å². The van der Waals surface area contributed by atoms with Crippen LogP contribution >= 0.6 is 0 Å². The lowest BCUT2D eigenvalue weighted by Gasteiger charge is -2.10. The topological polar surface area (TPSA) is 67.0 Å². The highest BCUT2D eigenvalue weighted by atomic mass is 16.5. The smallest absolute Gasteiger partial charge is 0.256 e. The minimum atomic E-state index is -0.109. The Morgan fingerprint density at radius 2 is 2.00 bits per heavy atom. The van der Waals surface area contributed by atoms with Gasteiger partial charge in [0.1, 0.15) is 11.6 Å². The fraction of sp³-hybridized carbons (Fsp3) is 0.333. The third kappa shape index (κ3) is 3.13. The summed E-state index contributed by atoms with van der Waals surface area (Å²) in [6.07, 6.45) is 3.67. The average Bonchev–Trinajstić information content (AvgIpc) is 3.05. The first kappa shape index (κ1) is 15.3. The number of aromatic amines is 1. The lowest BCUT2D eigenvalue weighted by atomic mass is 10.1. The predicted molar refractivity (Wildman–Crippen MR) is 91.4 cm³/mol. The predicted octanol–water partition coefficient (Wildman–Crippen LogP) is 3.81. The van der Waals surface area contributed by atoms with Gasteiger partial charge in [-0.2, -0.15) is 0 Å². The largest absolute Gasteiger partial charge is 0.491 e. The highest BCUT2D eigenvalue weighted by Crippen LogP contribution is 2.35. The number of aromatic nitrogens is 2. The molecule has 0 radical (unpaired) electrons. The van der Waals surface area contributed by atoms with Crippen LogP contribution in [0.1, 0.15) is 50.7 Å². The van der Waals surface area contributed by atoms with Gasteiger partial charge in [0.05, 0.1) is 23.6 Å². The fourth-order valence-electron chi connectivity index (χ4n) is 2.53. The van der Waals surface area contributed by atoms with E-state index in [2.05, 4.69) is 29.1 Å². The molecule has 2 heterocycles. The van der Waals surface area contributed by atoms with Gasteiger partial charge in [0.25, 0.3) is 5.91 Å². The standard InChI is InChI=1S/C18H21N3O2/c1-10(2)17-19-9-12(20-17)7-15-14-8-13(23-11(3)4)5-6-16(14)21-18(15)22/h5-11H,1-4H3,(H,19,20)(H,21,22). The van der Waals surface area contributed by atoms with Gasteiger partial charge >= 0.3 is 0 Å². The second-order valence-electron chi connectivity index (χ2n) is 6.26. The van der Waals surface area contributed by atoms with Gasteiger partial charge in [-0.1, -0.05) is 13.8 Å². The normalized spacial score (nSPS) is 15.4. The number of amides is 1.